The summed E-state index contributed by atoms with van der Waals surface area (Å²) < 4.78 is 26.3. The number of nitriles is 1. The largest absolute Gasteiger partial charge is 0.315 e. The van der Waals surface area contributed by atoms with E-state index in [9.17, 15) is 8.42 Å². The molecule has 0 spiro atoms. The van der Waals surface area contributed by atoms with Crippen molar-refractivity contribution in [2.75, 3.05) is 6.54 Å². The molecule has 1 aromatic heterocycles. The molecule has 6 nitrogen and oxygen atoms in total. The van der Waals surface area contributed by atoms with Crippen LogP contribution in [0.4, 0.5) is 0 Å². The van der Waals surface area contributed by atoms with Gasteiger partial charge in [-0.25, -0.2) is 13.4 Å². The summed E-state index contributed by atoms with van der Waals surface area (Å²) in [5.41, 5.74) is 6.17. The Morgan fingerprint density at radius 3 is 2.84 bits per heavy atom. The molecular formula is C12H16N4O2S. The molecule has 0 bridgehead atoms. The lowest BCUT2D eigenvalue weighted by molar-refractivity contribution is 0.192. The molecule has 0 saturated carbocycles. The molecule has 0 radical (unpaired) electrons. The number of hydrogen-bond donors (Lipinski definition) is 1. The van der Waals surface area contributed by atoms with Crippen molar-refractivity contribution < 1.29 is 8.42 Å². The van der Waals surface area contributed by atoms with Crippen molar-refractivity contribution >= 4 is 10.0 Å². The molecule has 1 fully saturated rings. The predicted molar refractivity (Wildman–Crippen MR) is 69.2 cm³/mol. The van der Waals surface area contributed by atoms with Crippen LogP contribution in [0.25, 0.3) is 0 Å². The molecule has 19 heavy (non-hydrogen) atoms. The first-order chi connectivity index (χ1) is 8.96. The Hall–Kier alpha value is -1.49. The normalized spacial score (nSPS) is 24.9. The third-order valence-corrected chi connectivity index (χ3v) is 5.29. The molecule has 2 heterocycles. The van der Waals surface area contributed by atoms with Crippen LogP contribution in [0.15, 0.2) is 23.2 Å². The zero-order chi connectivity index (χ0) is 14.0. The maximum atomic E-state index is 12.5. The Balaban J connectivity index is 2.33. The smallest absolute Gasteiger partial charge is 0.245 e. The molecule has 1 aromatic rings. The van der Waals surface area contributed by atoms with Gasteiger partial charge in [-0.05, 0) is 30.9 Å². The van der Waals surface area contributed by atoms with Gasteiger partial charge in [-0.1, -0.05) is 6.92 Å². The predicted octanol–water partition coefficient (Wildman–Crippen LogP) is 0.659. The van der Waals surface area contributed by atoms with E-state index in [1.165, 1.54) is 22.6 Å². The average Bonchev–Trinajstić information content (AvgIpc) is 2.41. The van der Waals surface area contributed by atoms with E-state index in [0.29, 0.717) is 6.54 Å². The van der Waals surface area contributed by atoms with Gasteiger partial charge in [-0.3, -0.25) is 0 Å². The molecule has 1 aliphatic heterocycles. The number of nitrogens with two attached hydrogens (primary N) is 1. The minimum atomic E-state index is -3.63. The Bertz CT molecular complexity index is 591. The zero-order valence-corrected chi connectivity index (χ0v) is 11.5. The number of aromatic nitrogens is 1. The maximum absolute atomic E-state index is 12.5. The van der Waals surface area contributed by atoms with Crippen LogP contribution in [0, 0.1) is 17.2 Å². The molecule has 0 aromatic carbocycles. The fourth-order valence-corrected chi connectivity index (χ4v) is 3.78. The van der Waals surface area contributed by atoms with Crippen LogP contribution in [0.3, 0.4) is 0 Å². The number of hydrogen-bond acceptors (Lipinski definition) is 5. The lowest BCUT2D eigenvalue weighted by atomic mass is 9.99. The number of pyridine rings is 1. The van der Waals surface area contributed by atoms with Crippen LogP contribution in [0.2, 0.25) is 0 Å². The minimum Gasteiger partial charge on any atom is -0.315 e. The van der Waals surface area contributed by atoms with E-state index in [-0.39, 0.29) is 16.5 Å². The first-order valence-electron chi connectivity index (χ1n) is 6.10. The highest BCUT2D eigenvalue weighted by atomic mass is 32.2. The van der Waals surface area contributed by atoms with Gasteiger partial charge in [0.2, 0.25) is 10.0 Å². The Kier molecular flexibility index (Phi) is 3.85. The molecule has 102 valence electrons. The summed E-state index contributed by atoms with van der Waals surface area (Å²) in [6.07, 6.45) is 2.44. The third kappa shape index (κ3) is 2.61. The zero-order valence-electron chi connectivity index (χ0n) is 10.7. The van der Waals surface area contributed by atoms with Crippen LogP contribution in [0.5, 0.6) is 0 Å². The summed E-state index contributed by atoms with van der Waals surface area (Å²) in [4.78, 5) is 3.87. The lowest BCUT2D eigenvalue weighted by Crippen LogP contribution is -2.52. The van der Waals surface area contributed by atoms with E-state index < -0.39 is 16.2 Å². The molecule has 0 amide bonds. The Labute approximate surface area is 112 Å². The molecule has 7 heteroatoms. The van der Waals surface area contributed by atoms with E-state index in [4.69, 9.17) is 11.0 Å². The molecule has 2 unspecified atom stereocenters. The summed E-state index contributed by atoms with van der Waals surface area (Å²) >= 11 is 0. The number of rotatable bonds is 2. The van der Waals surface area contributed by atoms with Crippen LogP contribution >= 0.6 is 0 Å². The van der Waals surface area contributed by atoms with Gasteiger partial charge in [-0.2, -0.15) is 9.57 Å². The van der Waals surface area contributed by atoms with E-state index >= 15 is 0 Å². The second kappa shape index (κ2) is 5.25. The van der Waals surface area contributed by atoms with Crippen LogP contribution in [-0.2, 0) is 10.0 Å². The highest BCUT2D eigenvalue weighted by Crippen LogP contribution is 2.26. The summed E-state index contributed by atoms with van der Waals surface area (Å²) in [6, 6.07) is 4.65. The van der Waals surface area contributed by atoms with Crippen LogP contribution in [0.1, 0.15) is 25.5 Å². The van der Waals surface area contributed by atoms with Crippen molar-refractivity contribution in [2.24, 2.45) is 11.7 Å². The molecule has 1 saturated heterocycles. The van der Waals surface area contributed by atoms with E-state index in [2.05, 4.69) is 4.98 Å². The fourth-order valence-electron chi connectivity index (χ4n) is 2.19. The van der Waals surface area contributed by atoms with Gasteiger partial charge in [0.05, 0.1) is 6.17 Å². The van der Waals surface area contributed by atoms with Crippen molar-refractivity contribution in [1.29, 1.82) is 5.26 Å². The van der Waals surface area contributed by atoms with Gasteiger partial charge in [0.1, 0.15) is 16.7 Å². The van der Waals surface area contributed by atoms with Gasteiger partial charge in [0.25, 0.3) is 0 Å². The molecule has 2 rings (SSSR count). The van der Waals surface area contributed by atoms with Crippen LogP contribution < -0.4 is 5.73 Å². The minimum absolute atomic E-state index is 0.0797. The molecular weight excluding hydrogens is 264 g/mol. The van der Waals surface area contributed by atoms with Gasteiger partial charge < -0.3 is 5.73 Å². The average molecular weight is 280 g/mol. The topological polar surface area (TPSA) is 100 Å². The standard InChI is InChI=1S/C12H16N4O2S/c1-9-3-2-6-16(12(9)14)19(17,18)11-5-4-10(7-13)15-8-11/h4-5,8-9,12H,2-3,6,14H2,1H3. The third-order valence-electron chi connectivity index (χ3n) is 3.41. The Morgan fingerprint density at radius 1 is 1.53 bits per heavy atom. The maximum Gasteiger partial charge on any atom is 0.245 e. The summed E-state index contributed by atoms with van der Waals surface area (Å²) in [5.74, 6) is 0.134. The van der Waals surface area contributed by atoms with Crippen molar-refractivity contribution in [1.82, 2.24) is 9.29 Å². The molecule has 2 atom stereocenters. The van der Waals surface area contributed by atoms with Gasteiger partial charge in [-0.15, -0.1) is 0 Å². The first kappa shape index (κ1) is 13.9. The van der Waals surface area contributed by atoms with Crippen molar-refractivity contribution in [3.63, 3.8) is 0 Å². The fraction of sp³-hybridized carbons (Fsp3) is 0.500. The summed E-state index contributed by atoms with van der Waals surface area (Å²) in [7, 11) is -3.63. The van der Waals surface area contributed by atoms with Gasteiger partial charge in [0.15, 0.2) is 0 Å². The van der Waals surface area contributed by atoms with Crippen molar-refractivity contribution in [3.8, 4) is 6.07 Å². The number of sulfonamides is 1. The van der Waals surface area contributed by atoms with E-state index in [1.807, 2.05) is 13.0 Å². The van der Waals surface area contributed by atoms with Gasteiger partial charge in [0, 0.05) is 12.7 Å². The van der Waals surface area contributed by atoms with Crippen LogP contribution in [-0.4, -0.2) is 30.4 Å². The monoisotopic (exact) mass is 280 g/mol. The van der Waals surface area contributed by atoms with Gasteiger partial charge >= 0.3 is 0 Å². The number of nitrogens with zero attached hydrogens (tertiary/aromatic N) is 3. The second-order valence-electron chi connectivity index (χ2n) is 4.72. The van der Waals surface area contributed by atoms with Crippen molar-refractivity contribution in [2.45, 2.75) is 30.8 Å². The molecule has 0 aliphatic carbocycles. The molecule has 2 N–H and O–H groups in total. The summed E-state index contributed by atoms with van der Waals surface area (Å²) in [6.45, 7) is 2.37. The highest BCUT2D eigenvalue weighted by molar-refractivity contribution is 7.89. The van der Waals surface area contributed by atoms with E-state index in [0.717, 1.165) is 12.8 Å². The highest BCUT2D eigenvalue weighted by Gasteiger charge is 2.35. The Morgan fingerprint density at radius 2 is 2.26 bits per heavy atom. The second-order valence-corrected chi connectivity index (χ2v) is 6.61. The van der Waals surface area contributed by atoms with Crippen molar-refractivity contribution in [3.05, 3.63) is 24.0 Å². The lowest BCUT2D eigenvalue weighted by Gasteiger charge is -2.36. The summed E-state index contributed by atoms with van der Waals surface area (Å²) in [5, 5.41) is 8.66. The number of piperidine rings is 1. The quantitative estimate of drug-likeness (QED) is 0.857. The molecule has 1 aliphatic rings. The SMILES string of the molecule is CC1CCCN(S(=O)(=O)c2ccc(C#N)nc2)C1N. The first-order valence-corrected chi connectivity index (χ1v) is 7.54. The van der Waals surface area contributed by atoms with E-state index in [1.54, 1.807) is 0 Å².